The van der Waals surface area contributed by atoms with Crippen molar-refractivity contribution in [2.24, 2.45) is 0 Å². The molecule has 0 unspecified atom stereocenters. The Hall–Kier alpha value is -2.57. The third-order valence-corrected chi connectivity index (χ3v) is 2.69. The van der Waals surface area contributed by atoms with E-state index in [9.17, 15) is 9.59 Å². The highest BCUT2D eigenvalue weighted by molar-refractivity contribution is 5.83. The van der Waals surface area contributed by atoms with Gasteiger partial charge in [0.2, 0.25) is 5.82 Å². The van der Waals surface area contributed by atoms with Gasteiger partial charge in [-0.1, -0.05) is 0 Å². The third-order valence-electron chi connectivity index (χ3n) is 2.69. The van der Waals surface area contributed by atoms with Crippen molar-refractivity contribution in [3.8, 4) is 11.4 Å². The molecule has 0 aliphatic carbocycles. The van der Waals surface area contributed by atoms with Crippen molar-refractivity contribution < 1.29 is 14.6 Å². The Morgan fingerprint density at radius 3 is 2.42 bits per heavy atom. The van der Waals surface area contributed by atoms with Crippen LogP contribution in [0.4, 0.5) is 0 Å². The highest BCUT2D eigenvalue weighted by atomic mass is 16.5. The van der Waals surface area contributed by atoms with Crippen LogP contribution in [0, 0.1) is 0 Å². The summed E-state index contributed by atoms with van der Waals surface area (Å²) in [5, 5.41) is 12.8. The van der Waals surface area contributed by atoms with Gasteiger partial charge in [0.15, 0.2) is 0 Å². The van der Waals surface area contributed by atoms with Crippen molar-refractivity contribution in [2.75, 3.05) is 7.11 Å². The Kier molecular flexibility index (Phi) is 3.37. The number of methoxy groups -OCH3 is 1. The van der Waals surface area contributed by atoms with Crippen molar-refractivity contribution in [1.29, 1.82) is 0 Å². The number of nitrogens with zero attached hydrogens (tertiary/aromatic N) is 3. The third kappa shape index (κ3) is 2.22. The minimum Gasteiger partial charge on any atom is -0.497 e. The van der Waals surface area contributed by atoms with Gasteiger partial charge >= 0.3 is 11.7 Å². The van der Waals surface area contributed by atoms with Gasteiger partial charge in [0.25, 0.3) is 0 Å². The predicted octanol–water partition coefficient (Wildman–Crippen LogP) is 0.761. The number of hydrogen-bond acceptors (Lipinski definition) is 4. The van der Waals surface area contributed by atoms with Crippen LogP contribution in [-0.2, 0) is 6.54 Å². The number of carboxylic acids is 1. The first-order chi connectivity index (χ1) is 9.08. The van der Waals surface area contributed by atoms with E-state index in [1.165, 1.54) is 7.11 Å². The highest BCUT2D eigenvalue weighted by Crippen LogP contribution is 2.13. The Balaban J connectivity index is 2.56. The quantitative estimate of drug-likeness (QED) is 0.880. The second kappa shape index (κ2) is 4.97. The van der Waals surface area contributed by atoms with E-state index in [4.69, 9.17) is 9.84 Å². The lowest BCUT2D eigenvalue weighted by Crippen LogP contribution is -2.24. The van der Waals surface area contributed by atoms with E-state index in [-0.39, 0.29) is 12.4 Å². The van der Waals surface area contributed by atoms with Crippen LogP contribution in [0.2, 0.25) is 0 Å². The van der Waals surface area contributed by atoms with Gasteiger partial charge in [-0.25, -0.2) is 9.59 Å². The Bertz CT molecular complexity index is 655. The molecule has 7 heteroatoms. The smallest absolute Gasteiger partial charge is 0.374 e. The molecule has 0 saturated carbocycles. The minimum atomic E-state index is -1.23. The molecule has 100 valence electrons. The summed E-state index contributed by atoms with van der Waals surface area (Å²) in [5.74, 6) is -0.861. The lowest BCUT2D eigenvalue weighted by molar-refractivity contribution is 0.0677. The van der Waals surface area contributed by atoms with E-state index in [1.54, 1.807) is 31.2 Å². The first-order valence-corrected chi connectivity index (χ1v) is 5.66. The molecule has 0 amide bonds. The van der Waals surface area contributed by atoms with Crippen LogP contribution in [0.25, 0.3) is 5.69 Å². The maximum Gasteiger partial charge on any atom is 0.374 e. The maximum absolute atomic E-state index is 12.0. The zero-order valence-corrected chi connectivity index (χ0v) is 10.5. The van der Waals surface area contributed by atoms with Crippen molar-refractivity contribution in [3.63, 3.8) is 0 Å². The van der Waals surface area contributed by atoms with E-state index in [1.807, 2.05) is 0 Å². The molecule has 1 aromatic heterocycles. The lowest BCUT2D eigenvalue weighted by Gasteiger charge is -2.01. The predicted molar refractivity (Wildman–Crippen MR) is 67.0 cm³/mol. The van der Waals surface area contributed by atoms with Crippen molar-refractivity contribution >= 4 is 5.97 Å². The van der Waals surface area contributed by atoms with Crippen LogP contribution < -0.4 is 10.4 Å². The van der Waals surface area contributed by atoms with Gasteiger partial charge < -0.3 is 9.84 Å². The van der Waals surface area contributed by atoms with Gasteiger partial charge in [0, 0.05) is 6.54 Å². The average Bonchev–Trinajstić information content (AvgIpc) is 2.76. The van der Waals surface area contributed by atoms with Crippen LogP contribution in [0.5, 0.6) is 5.75 Å². The molecule has 0 atom stereocenters. The summed E-state index contributed by atoms with van der Waals surface area (Å²) in [4.78, 5) is 23.1. The van der Waals surface area contributed by atoms with Gasteiger partial charge in [0.05, 0.1) is 12.8 Å². The van der Waals surface area contributed by atoms with E-state index < -0.39 is 11.7 Å². The zero-order chi connectivity index (χ0) is 14.0. The van der Waals surface area contributed by atoms with Crippen LogP contribution in [-0.4, -0.2) is 32.5 Å². The van der Waals surface area contributed by atoms with E-state index >= 15 is 0 Å². The monoisotopic (exact) mass is 263 g/mol. The molecule has 2 aromatic rings. The topological polar surface area (TPSA) is 86.3 Å². The molecule has 1 N–H and O–H groups in total. The second-order valence-electron chi connectivity index (χ2n) is 3.77. The molecule has 0 spiro atoms. The molecular formula is C12H13N3O4. The molecule has 0 fully saturated rings. The first-order valence-electron chi connectivity index (χ1n) is 5.66. The number of aromatic nitrogens is 3. The summed E-state index contributed by atoms with van der Waals surface area (Å²) < 4.78 is 7.18. The second-order valence-corrected chi connectivity index (χ2v) is 3.77. The first kappa shape index (κ1) is 12.9. The summed E-state index contributed by atoms with van der Waals surface area (Å²) in [5.41, 5.74) is 0.00515. The summed E-state index contributed by atoms with van der Waals surface area (Å²) in [6.45, 7) is 1.94. The molecule has 0 saturated heterocycles. The van der Waals surface area contributed by atoms with Crippen molar-refractivity contribution in [2.45, 2.75) is 13.5 Å². The van der Waals surface area contributed by atoms with Gasteiger partial charge in [0.1, 0.15) is 5.75 Å². The molecule has 2 rings (SSSR count). The maximum atomic E-state index is 12.0. The fourth-order valence-electron chi connectivity index (χ4n) is 1.73. The number of aromatic carboxylic acids is 1. The SMILES string of the molecule is CCn1c(C(=O)O)nn(-c2ccc(OC)cc2)c1=O. The van der Waals surface area contributed by atoms with E-state index in [0.717, 1.165) is 9.25 Å². The number of carbonyl (C=O) groups is 1. The molecule has 19 heavy (non-hydrogen) atoms. The van der Waals surface area contributed by atoms with Gasteiger partial charge in [-0.05, 0) is 31.2 Å². The van der Waals surface area contributed by atoms with Crippen LogP contribution in [0.1, 0.15) is 17.5 Å². The average molecular weight is 263 g/mol. The summed E-state index contributed by atoms with van der Waals surface area (Å²) in [7, 11) is 1.54. The number of carboxylic acid groups (broad SMARTS) is 1. The Labute approximate surface area is 108 Å². The largest absolute Gasteiger partial charge is 0.497 e. The number of hydrogen-bond donors (Lipinski definition) is 1. The molecule has 1 aromatic carbocycles. The molecule has 0 aliphatic heterocycles. The van der Waals surface area contributed by atoms with E-state index in [2.05, 4.69) is 5.10 Å². The van der Waals surface area contributed by atoms with Crippen molar-refractivity contribution in [3.05, 3.63) is 40.6 Å². The van der Waals surface area contributed by atoms with Crippen molar-refractivity contribution in [1.82, 2.24) is 14.3 Å². The molecule has 0 aliphatic rings. The fraction of sp³-hybridized carbons (Fsp3) is 0.250. The van der Waals surface area contributed by atoms with Gasteiger partial charge in [-0.3, -0.25) is 4.57 Å². The summed E-state index contributed by atoms with van der Waals surface area (Å²) >= 11 is 0. The minimum absolute atomic E-state index is 0.247. The summed E-state index contributed by atoms with van der Waals surface area (Å²) in [6.07, 6.45) is 0. The van der Waals surface area contributed by atoms with Crippen LogP contribution >= 0.6 is 0 Å². The van der Waals surface area contributed by atoms with Crippen LogP contribution in [0.3, 0.4) is 0 Å². The fourth-order valence-corrected chi connectivity index (χ4v) is 1.73. The molecule has 7 nitrogen and oxygen atoms in total. The highest BCUT2D eigenvalue weighted by Gasteiger charge is 2.18. The van der Waals surface area contributed by atoms with E-state index in [0.29, 0.717) is 11.4 Å². The molecule has 0 bridgehead atoms. The number of ether oxygens (including phenoxy) is 1. The molecule has 0 radical (unpaired) electrons. The number of benzene rings is 1. The van der Waals surface area contributed by atoms with Gasteiger partial charge in [-0.2, -0.15) is 4.68 Å². The summed E-state index contributed by atoms with van der Waals surface area (Å²) in [6, 6.07) is 6.62. The molecule has 1 heterocycles. The van der Waals surface area contributed by atoms with Gasteiger partial charge in [-0.15, -0.1) is 5.10 Å². The number of rotatable bonds is 4. The lowest BCUT2D eigenvalue weighted by atomic mass is 10.3. The molecular weight excluding hydrogens is 250 g/mol. The van der Waals surface area contributed by atoms with Crippen LogP contribution in [0.15, 0.2) is 29.1 Å². The zero-order valence-electron chi connectivity index (χ0n) is 10.5. The normalized spacial score (nSPS) is 10.4. The Morgan fingerprint density at radius 1 is 1.37 bits per heavy atom. The standard InChI is InChI=1S/C12H13N3O4/c1-3-14-10(11(16)17)13-15(12(14)18)8-4-6-9(19-2)7-5-8/h4-7H,3H2,1-2H3,(H,16,17). The Morgan fingerprint density at radius 2 is 2.00 bits per heavy atom.